The number of hydrogen-bond acceptors (Lipinski definition) is 4. The van der Waals surface area contributed by atoms with E-state index in [1.807, 2.05) is 0 Å². The molecule has 152 valence electrons. The van der Waals surface area contributed by atoms with Crippen LogP contribution in [0.1, 0.15) is 28.9 Å². The van der Waals surface area contributed by atoms with Crippen LogP contribution in [0.25, 0.3) is 10.9 Å². The Morgan fingerprint density at radius 2 is 1.89 bits per heavy atom. The summed E-state index contributed by atoms with van der Waals surface area (Å²) in [4.78, 5) is 26.7. The second kappa shape index (κ2) is 7.46. The molecule has 1 aliphatic rings. The molecule has 1 saturated heterocycles. The molecule has 0 N–H and O–H groups in total. The number of hydrogen-bond donors (Lipinski definition) is 0. The third-order valence-corrected chi connectivity index (χ3v) is 5.21. The van der Waals surface area contributed by atoms with Gasteiger partial charge in [0.2, 0.25) is 0 Å². The maximum absolute atomic E-state index is 13.1. The molecule has 28 heavy (non-hydrogen) atoms. The number of benzene rings is 1. The molecule has 1 aromatic carbocycles. The number of nitrogens with zero attached hydrogens (tertiary/aromatic N) is 2. The van der Waals surface area contributed by atoms with E-state index in [4.69, 9.17) is 9.47 Å². The average Bonchev–Trinajstić information content (AvgIpc) is 3.01. The fourth-order valence-corrected chi connectivity index (χ4v) is 3.63. The van der Waals surface area contributed by atoms with Crippen molar-refractivity contribution in [1.29, 1.82) is 0 Å². The number of carbonyl (C=O) groups excluding carboxylic acids is 2. The minimum Gasteiger partial charge on any atom is -0.467 e. The summed E-state index contributed by atoms with van der Waals surface area (Å²) in [6.07, 6.45) is -3.78. The molecule has 2 aromatic rings. The molecule has 1 aromatic heterocycles. The lowest BCUT2D eigenvalue weighted by Gasteiger charge is -2.37. The number of rotatable bonds is 3. The molecule has 6 nitrogen and oxygen atoms in total. The summed E-state index contributed by atoms with van der Waals surface area (Å²) in [5.74, 6) is -0.981. The molecule has 0 bridgehead atoms. The van der Waals surface area contributed by atoms with Crippen LogP contribution in [0.2, 0.25) is 0 Å². The quantitative estimate of drug-likeness (QED) is 0.746. The van der Waals surface area contributed by atoms with Crippen LogP contribution in [-0.4, -0.2) is 54.3 Å². The first-order valence-corrected chi connectivity index (χ1v) is 8.75. The zero-order chi connectivity index (χ0) is 20.6. The molecule has 2 atom stereocenters. The van der Waals surface area contributed by atoms with E-state index in [0.29, 0.717) is 23.7 Å². The smallest absolute Gasteiger partial charge is 0.416 e. The van der Waals surface area contributed by atoms with E-state index < -0.39 is 29.7 Å². The Morgan fingerprint density at radius 1 is 1.18 bits per heavy atom. The van der Waals surface area contributed by atoms with Crippen molar-refractivity contribution in [3.63, 3.8) is 0 Å². The van der Waals surface area contributed by atoms with E-state index in [1.165, 1.54) is 28.7 Å². The molecular weight excluding hydrogens is 377 g/mol. The number of fused-ring (bicyclic) bond motifs is 1. The van der Waals surface area contributed by atoms with Crippen molar-refractivity contribution in [3.8, 4) is 0 Å². The van der Waals surface area contributed by atoms with Crippen LogP contribution in [0.5, 0.6) is 0 Å². The maximum Gasteiger partial charge on any atom is 0.416 e. The summed E-state index contributed by atoms with van der Waals surface area (Å²) in [6, 6.07) is 3.95. The monoisotopic (exact) mass is 398 g/mol. The normalized spacial score (nSPS) is 20.4. The number of esters is 1. The van der Waals surface area contributed by atoms with Crippen LogP contribution < -0.4 is 0 Å². The standard InChI is InChI=1S/C19H21F3N2O4/c1-23-14-5-4-12(19(20,21)22)8-11(14)9-15(23)17(25)24-7-6-13(27-2)10-16(24)18(26)28-3/h4-5,8-9,13,16H,6-7,10H2,1-3H3/t13-,16+/m0/s1. The molecule has 1 fully saturated rings. The second-order valence-electron chi connectivity index (χ2n) is 6.78. The summed E-state index contributed by atoms with van der Waals surface area (Å²) < 4.78 is 50.6. The number of ether oxygens (including phenoxy) is 2. The molecule has 0 radical (unpaired) electrons. The van der Waals surface area contributed by atoms with Crippen LogP contribution in [0, 0.1) is 0 Å². The summed E-state index contributed by atoms with van der Waals surface area (Å²) in [7, 11) is 4.40. The van der Waals surface area contributed by atoms with E-state index in [1.54, 1.807) is 14.2 Å². The predicted octanol–water partition coefficient (Wildman–Crippen LogP) is 2.99. The Hall–Kier alpha value is -2.55. The second-order valence-corrected chi connectivity index (χ2v) is 6.78. The topological polar surface area (TPSA) is 60.8 Å². The molecule has 1 aliphatic heterocycles. The Labute approximate surface area is 159 Å². The number of alkyl halides is 3. The van der Waals surface area contributed by atoms with Gasteiger partial charge in [-0.15, -0.1) is 0 Å². The number of carbonyl (C=O) groups is 2. The van der Waals surface area contributed by atoms with Crippen molar-refractivity contribution in [2.75, 3.05) is 20.8 Å². The van der Waals surface area contributed by atoms with Crippen molar-refractivity contribution in [2.45, 2.75) is 31.2 Å². The number of piperidine rings is 1. The van der Waals surface area contributed by atoms with E-state index in [9.17, 15) is 22.8 Å². The molecular formula is C19H21F3N2O4. The van der Waals surface area contributed by atoms with E-state index in [2.05, 4.69) is 0 Å². The SMILES string of the molecule is COC(=O)[C@H]1C[C@@H](OC)CCN1C(=O)c1cc2cc(C(F)(F)F)ccc2n1C. The fraction of sp³-hybridized carbons (Fsp3) is 0.474. The summed E-state index contributed by atoms with van der Waals surface area (Å²) in [6.45, 7) is 0.284. The van der Waals surface area contributed by atoms with Crippen molar-refractivity contribution in [2.24, 2.45) is 7.05 Å². The van der Waals surface area contributed by atoms with Crippen molar-refractivity contribution >= 4 is 22.8 Å². The van der Waals surface area contributed by atoms with Crippen LogP contribution in [-0.2, 0) is 27.5 Å². The number of methoxy groups -OCH3 is 2. The van der Waals surface area contributed by atoms with Gasteiger partial charge in [-0.05, 0) is 30.7 Å². The van der Waals surface area contributed by atoms with Gasteiger partial charge < -0.3 is 18.9 Å². The number of halogens is 3. The fourth-order valence-electron chi connectivity index (χ4n) is 3.63. The lowest BCUT2D eigenvalue weighted by molar-refractivity contribution is -0.149. The van der Waals surface area contributed by atoms with Gasteiger partial charge in [0.05, 0.1) is 18.8 Å². The molecule has 0 saturated carbocycles. The van der Waals surface area contributed by atoms with Crippen molar-refractivity contribution < 1.29 is 32.2 Å². The largest absolute Gasteiger partial charge is 0.467 e. The number of likely N-dealkylation sites (tertiary alicyclic amines) is 1. The van der Waals surface area contributed by atoms with Gasteiger partial charge in [0.25, 0.3) is 5.91 Å². The highest BCUT2D eigenvalue weighted by atomic mass is 19.4. The Morgan fingerprint density at radius 3 is 2.50 bits per heavy atom. The van der Waals surface area contributed by atoms with Crippen LogP contribution >= 0.6 is 0 Å². The lowest BCUT2D eigenvalue weighted by Crippen LogP contribution is -2.52. The molecule has 1 amide bonds. The first-order valence-electron chi connectivity index (χ1n) is 8.75. The van der Waals surface area contributed by atoms with Gasteiger partial charge in [-0.25, -0.2) is 4.79 Å². The molecule has 3 rings (SSSR count). The third-order valence-electron chi connectivity index (χ3n) is 5.21. The van der Waals surface area contributed by atoms with Gasteiger partial charge in [-0.1, -0.05) is 0 Å². The predicted molar refractivity (Wildman–Crippen MR) is 94.8 cm³/mol. The van der Waals surface area contributed by atoms with Gasteiger partial charge >= 0.3 is 12.1 Å². The van der Waals surface area contributed by atoms with E-state index >= 15 is 0 Å². The van der Waals surface area contributed by atoms with Gasteiger partial charge in [-0.3, -0.25) is 4.79 Å². The highest BCUT2D eigenvalue weighted by Gasteiger charge is 2.38. The van der Waals surface area contributed by atoms with Crippen molar-refractivity contribution in [1.82, 2.24) is 9.47 Å². The zero-order valence-corrected chi connectivity index (χ0v) is 15.7. The Bertz CT molecular complexity index is 906. The van der Waals surface area contributed by atoms with Crippen LogP contribution in [0.4, 0.5) is 13.2 Å². The first kappa shape index (κ1) is 20.2. The van der Waals surface area contributed by atoms with Crippen LogP contribution in [0.15, 0.2) is 24.3 Å². The van der Waals surface area contributed by atoms with Gasteiger partial charge in [0.15, 0.2) is 0 Å². The molecule has 9 heteroatoms. The highest BCUT2D eigenvalue weighted by molar-refractivity contribution is 6.00. The lowest BCUT2D eigenvalue weighted by atomic mass is 9.98. The number of amides is 1. The van der Waals surface area contributed by atoms with E-state index in [0.717, 1.165) is 12.1 Å². The highest BCUT2D eigenvalue weighted by Crippen LogP contribution is 2.33. The van der Waals surface area contributed by atoms with Crippen LogP contribution in [0.3, 0.4) is 0 Å². The van der Waals surface area contributed by atoms with Gasteiger partial charge in [0.1, 0.15) is 11.7 Å². The Kier molecular flexibility index (Phi) is 5.38. The third kappa shape index (κ3) is 3.58. The van der Waals surface area contributed by atoms with Gasteiger partial charge in [-0.2, -0.15) is 13.2 Å². The summed E-state index contributed by atoms with van der Waals surface area (Å²) >= 11 is 0. The molecule has 2 heterocycles. The van der Waals surface area contributed by atoms with Gasteiger partial charge in [0, 0.05) is 38.0 Å². The zero-order valence-electron chi connectivity index (χ0n) is 15.7. The summed E-state index contributed by atoms with van der Waals surface area (Å²) in [5.41, 5.74) is -0.0743. The number of aromatic nitrogens is 1. The summed E-state index contributed by atoms with van der Waals surface area (Å²) in [5, 5.41) is 0.307. The van der Waals surface area contributed by atoms with Crippen molar-refractivity contribution in [3.05, 3.63) is 35.5 Å². The maximum atomic E-state index is 13.1. The minimum absolute atomic E-state index is 0.171. The Balaban J connectivity index is 1.97. The molecule has 0 unspecified atom stereocenters. The molecule has 0 spiro atoms. The average molecular weight is 398 g/mol. The minimum atomic E-state index is -4.47. The first-order chi connectivity index (χ1) is 13.2. The number of aryl methyl sites for hydroxylation is 1. The van der Waals surface area contributed by atoms with E-state index in [-0.39, 0.29) is 18.3 Å². The molecule has 0 aliphatic carbocycles.